The van der Waals surface area contributed by atoms with E-state index in [0.29, 0.717) is 0 Å². The molecule has 3 aromatic rings. The first-order chi connectivity index (χ1) is 11.1. The van der Waals surface area contributed by atoms with Crippen LogP contribution in [0.15, 0.2) is 60.7 Å². The molecule has 0 N–H and O–H groups in total. The van der Waals surface area contributed by atoms with Crippen molar-refractivity contribution in [2.45, 2.75) is 33.7 Å². The molecule has 142 valence electrons. The molecule has 0 radical (unpaired) electrons. The second-order valence-corrected chi connectivity index (χ2v) is 9.40. The molecule has 0 bridgehead atoms. The molecule has 0 amide bonds. The summed E-state index contributed by atoms with van der Waals surface area (Å²) in [7, 11) is -1.24. The second-order valence-electron chi connectivity index (χ2n) is 6.56. The minimum Gasteiger partial charge on any atom is -1.00 e. The molecule has 3 aromatic carbocycles. The van der Waals surface area contributed by atoms with Crippen LogP contribution in [0, 0.1) is 27.7 Å². The number of hydrogen-bond acceptors (Lipinski definition) is 0. The van der Waals surface area contributed by atoms with Crippen molar-refractivity contribution in [3.8, 4) is 0 Å². The Hall–Kier alpha value is -0.409. The van der Waals surface area contributed by atoms with Gasteiger partial charge in [-0.1, -0.05) is 105 Å². The SMILES string of the molecule is Cc1c(C)c(C)[c-](C[SiH](c2ccccc2)c2ccccc2)c1C.[Cl-].[Cl-].[Cl-].[Ti+4]. The molecule has 0 unspecified atom stereocenters. The third kappa shape index (κ3) is 6.29. The van der Waals surface area contributed by atoms with Crippen LogP contribution in [0.5, 0.6) is 0 Å². The van der Waals surface area contributed by atoms with Gasteiger partial charge in [-0.05, 0) is 0 Å². The van der Waals surface area contributed by atoms with Crippen LogP contribution in [0.2, 0.25) is 0 Å². The first-order valence-electron chi connectivity index (χ1n) is 8.41. The topological polar surface area (TPSA) is 0 Å². The van der Waals surface area contributed by atoms with Crippen molar-refractivity contribution < 1.29 is 58.9 Å². The Morgan fingerprint density at radius 3 is 1.30 bits per heavy atom. The van der Waals surface area contributed by atoms with Crippen LogP contribution in [-0.4, -0.2) is 8.80 Å². The van der Waals surface area contributed by atoms with Gasteiger partial charge in [0, 0.05) is 0 Å². The van der Waals surface area contributed by atoms with Crippen molar-refractivity contribution in [2.24, 2.45) is 0 Å². The molecule has 0 aromatic heterocycles. The van der Waals surface area contributed by atoms with Crippen LogP contribution in [-0.2, 0) is 27.8 Å². The standard InChI is InChI=1S/C22H25Si.3ClH.Ti/c1-16-17(2)19(4)22(18(16)3)15-23(20-11-7-5-8-12-20)21-13-9-6-10-14-21;;;;/h5-14,23H,15H2,1-4H3;3*1H;/q-1;;;;+4/p-3. The van der Waals surface area contributed by atoms with Crippen molar-refractivity contribution >= 4 is 19.2 Å². The van der Waals surface area contributed by atoms with E-state index in [2.05, 4.69) is 88.4 Å². The van der Waals surface area contributed by atoms with Crippen LogP contribution in [0.25, 0.3) is 0 Å². The molecule has 0 saturated carbocycles. The van der Waals surface area contributed by atoms with Gasteiger partial charge < -0.3 is 37.2 Å². The van der Waals surface area contributed by atoms with Gasteiger partial charge in [0.15, 0.2) is 0 Å². The van der Waals surface area contributed by atoms with Gasteiger partial charge >= 0.3 is 21.7 Å². The van der Waals surface area contributed by atoms with E-state index < -0.39 is 8.80 Å². The summed E-state index contributed by atoms with van der Waals surface area (Å²) in [6, 6.07) is 23.4. The van der Waals surface area contributed by atoms with E-state index in [4.69, 9.17) is 0 Å². The van der Waals surface area contributed by atoms with Crippen molar-refractivity contribution in [3.05, 3.63) is 88.5 Å². The van der Waals surface area contributed by atoms with Crippen molar-refractivity contribution in [3.63, 3.8) is 0 Å². The van der Waals surface area contributed by atoms with E-state index in [-0.39, 0.29) is 58.9 Å². The maximum absolute atomic E-state index is 2.32. The van der Waals surface area contributed by atoms with Crippen molar-refractivity contribution in [1.82, 2.24) is 0 Å². The van der Waals surface area contributed by atoms with Gasteiger partial charge in [0.1, 0.15) is 0 Å². The molecule has 5 heteroatoms. The van der Waals surface area contributed by atoms with Gasteiger partial charge in [0.2, 0.25) is 0 Å². The average Bonchev–Trinajstić information content (AvgIpc) is 2.78. The number of halogens is 3. The molecule has 0 heterocycles. The van der Waals surface area contributed by atoms with Crippen LogP contribution >= 0.6 is 0 Å². The Balaban J connectivity index is 0. The quantitative estimate of drug-likeness (QED) is 0.264. The van der Waals surface area contributed by atoms with Crippen LogP contribution in [0.1, 0.15) is 27.8 Å². The largest absolute Gasteiger partial charge is 4.00 e. The molecule has 0 spiro atoms. The molecular weight excluding hydrogens is 447 g/mol. The van der Waals surface area contributed by atoms with Gasteiger partial charge in [-0.3, -0.25) is 0 Å². The zero-order valence-electron chi connectivity index (χ0n) is 16.2. The zero-order valence-corrected chi connectivity index (χ0v) is 21.2. The molecule has 0 nitrogen and oxygen atoms in total. The molecule has 0 saturated heterocycles. The fraction of sp³-hybridized carbons (Fsp3) is 0.227. The van der Waals surface area contributed by atoms with E-state index in [1.54, 1.807) is 5.56 Å². The smallest absolute Gasteiger partial charge is 1.00 e. The minimum atomic E-state index is -1.24. The molecule has 3 rings (SSSR count). The van der Waals surface area contributed by atoms with E-state index >= 15 is 0 Å². The van der Waals surface area contributed by atoms with E-state index in [1.807, 2.05) is 0 Å². The summed E-state index contributed by atoms with van der Waals surface area (Å²) in [5.41, 5.74) is 7.55. The molecule has 0 fully saturated rings. The summed E-state index contributed by atoms with van der Waals surface area (Å²) in [6.45, 7) is 9.13. The Kier molecular flexibility index (Phi) is 13.8. The summed E-state index contributed by atoms with van der Waals surface area (Å²) >= 11 is 0. The number of hydrogen-bond donors (Lipinski definition) is 0. The van der Waals surface area contributed by atoms with Crippen LogP contribution < -0.4 is 47.6 Å². The van der Waals surface area contributed by atoms with Crippen molar-refractivity contribution in [2.75, 3.05) is 0 Å². The van der Waals surface area contributed by atoms with Gasteiger partial charge in [0.25, 0.3) is 0 Å². The molecule has 0 atom stereocenters. The van der Waals surface area contributed by atoms with Gasteiger partial charge in [-0.2, -0.15) is 27.8 Å². The average molecular weight is 472 g/mol. The first kappa shape index (κ1) is 28.8. The molecule has 27 heavy (non-hydrogen) atoms. The fourth-order valence-electron chi connectivity index (χ4n) is 3.61. The predicted molar refractivity (Wildman–Crippen MR) is 104 cm³/mol. The normalized spacial score (nSPS) is 9.52. The number of benzene rings is 2. The van der Waals surface area contributed by atoms with E-state index in [1.165, 1.54) is 38.7 Å². The Labute approximate surface area is 199 Å². The third-order valence-electron chi connectivity index (χ3n) is 5.40. The van der Waals surface area contributed by atoms with Gasteiger partial charge in [-0.15, -0.1) is 0 Å². The monoisotopic (exact) mass is 470 g/mol. The van der Waals surface area contributed by atoms with Gasteiger partial charge in [-0.25, -0.2) is 0 Å². The Morgan fingerprint density at radius 2 is 0.963 bits per heavy atom. The van der Waals surface area contributed by atoms with E-state index in [0.717, 1.165) is 0 Å². The van der Waals surface area contributed by atoms with Gasteiger partial charge in [0.05, 0.1) is 8.80 Å². The van der Waals surface area contributed by atoms with E-state index in [9.17, 15) is 0 Å². The third-order valence-corrected chi connectivity index (χ3v) is 8.60. The summed E-state index contributed by atoms with van der Waals surface area (Å²) in [5, 5.41) is 3.07. The summed E-state index contributed by atoms with van der Waals surface area (Å²) in [6.07, 6.45) is 0. The molecular formula is C22H25Cl3SiTi. The van der Waals surface area contributed by atoms with Crippen LogP contribution in [0.3, 0.4) is 0 Å². The maximum atomic E-state index is 2.32. The fourth-order valence-corrected chi connectivity index (χ4v) is 6.86. The Morgan fingerprint density at radius 1 is 0.630 bits per heavy atom. The molecule has 0 aliphatic rings. The maximum Gasteiger partial charge on any atom is 4.00 e. The predicted octanol–water partition coefficient (Wildman–Crippen LogP) is -5.23. The molecule has 0 aliphatic carbocycles. The van der Waals surface area contributed by atoms with Crippen LogP contribution in [0.4, 0.5) is 0 Å². The molecule has 0 aliphatic heterocycles. The second kappa shape index (κ2) is 12.9. The zero-order chi connectivity index (χ0) is 16.4. The van der Waals surface area contributed by atoms with Crippen molar-refractivity contribution in [1.29, 1.82) is 0 Å². The Bertz CT molecular complexity index is 736. The minimum absolute atomic E-state index is 0. The summed E-state index contributed by atoms with van der Waals surface area (Å²) in [5.74, 6) is 0. The summed E-state index contributed by atoms with van der Waals surface area (Å²) < 4.78 is 0. The summed E-state index contributed by atoms with van der Waals surface area (Å²) in [4.78, 5) is 0. The first-order valence-corrected chi connectivity index (χ1v) is 10.4. The number of rotatable bonds is 4.